The fourth-order valence-corrected chi connectivity index (χ4v) is 5.50. The van der Waals surface area contributed by atoms with E-state index in [2.05, 4.69) is 10.6 Å². The number of urea groups is 1. The van der Waals surface area contributed by atoms with Crippen molar-refractivity contribution in [2.24, 2.45) is 5.92 Å². The fraction of sp³-hybridized carbons (Fsp3) is 0.432. The predicted octanol–water partition coefficient (Wildman–Crippen LogP) is 5.91. The summed E-state index contributed by atoms with van der Waals surface area (Å²) in [5.74, 6) is 0.241. The van der Waals surface area contributed by atoms with Gasteiger partial charge in [-0.05, 0) is 87.7 Å². The molecule has 4 rings (SSSR count). The summed E-state index contributed by atoms with van der Waals surface area (Å²) in [6.07, 6.45) is 1.80. The summed E-state index contributed by atoms with van der Waals surface area (Å²) < 4.78 is 17.9. The van der Waals surface area contributed by atoms with Crippen LogP contribution in [0.15, 0.2) is 72.8 Å². The monoisotopic (exact) mass is 660 g/mol. The van der Waals surface area contributed by atoms with Crippen LogP contribution in [0.25, 0.3) is 0 Å². The van der Waals surface area contributed by atoms with Gasteiger partial charge in [-0.2, -0.15) is 0 Å². The van der Waals surface area contributed by atoms with Gasteiger partial charge in [0.05, 0.1) is 37.5 Å². The molecule has 3 N–H and O–H groups in total. The highest BCUT2D eigenvalue weighted by molar-refractivity contribution is 6.05. The minimum atomic E-state index is -0.530. The lowest BCUT2D eigenvalue weighted by Gasteiger charge is -2.35. The number of fused-ring (bicyclic) bond motifs is 1. The molecule has 0 fully saturated rings. The van der Waals surface area contributed by atoms with E-state index in [1.165, 1.54) is 0 Å². The molecule has 0 unspecified atom stereocenters. The summed E-state index contributed by atoms with van der Waals surface area (Å²) in [5.41, 5.74) is 1.86. The van der Waals surface area contributed by atoms with Crippen LogP contribution in [0.2, 0.25) is 0 Å². The Labute approximate surface area is 283 Å². The van der Waals surface area contributed by atoms with Crippen molar-refractivity contribution in [3.05, 3.63) is 83.9 Å². The molecule has 3 aromatic carbocycles. The minimum Gasteiger partial charge on any atom is -0.497 e. The molecule has 0 saturated heterocycles. The number of nitrogens with one attached hydrogen (secondary N) is 2. The van der Waals surface area contributed by atoms with E-state index in [4.69, 9.17) is 14.2 Å². The maximum absolute atomic E-state index is 14.4. The molecule has 11 heteroatoms. The molecule has 11 nitrogen and oxygen atoms in total. The number of anilines is 2. The summed E-state index contributed by atoms with van der Waals surface area (Å²) in [6.45, 7) is 6.47. The van der Waals surface area contributed by atoms with Gasteiger partial charge in [0.2, 0.25) is 0 Å². The smallest absolute Gasteiger partial charge is 0.321 e. The topological polar surface area (TPSA) is 130 Å². The average molecular weight is 661 g/mol. The highest BCUT2D eigenvalue weighted by atomic mass is 16.5. The maximum atomic E-state index is 14.4. The van der Waals surface area contributed by atoms with E-state index >= 15 is 0 Å². The SMILES string of the molecule is COc1ccc(NC(=O)N(C)C[C@@H]2OCCCC[C@@H](C)Oc3ccc(NC(=O)c4ccccc4)cc3C(=O)N([C@@H](C)CO)C[C@@H]2C)cc1. The van der Waals surface area contributed by atoms with Gasteiger partial charge in [-0.3, -0.25) is 9.59 Å². The lowest BCUT2D eigenvalue weighted by atomic mass is 10.0. The Bertz CT molecular complexity index is 1500. The Morgan fingerprint density at radius 1 is 1.02 bits per heavy atom. The Morgan fingerprint density at radius 2 is 1.73 bits per heavy atom. The van der Waals surface area contributed by atoms with E-state index in [9.17, 15) is 19.5 Å². The second-order valence-corrected chi connectivity index (χ2v) is 12.4. The van der Waals surface area contributed by atoms with Crippen LogP contribution in [0.3, 0.4) is 0 Å². The van der Waals surface area contributed by atoms with Crippen molar-refractivity contribution in [1.82, 2.24) is 9.80 Å². The van der Waals surface area contributed by atoms with E-state index < -0.39 is 12.1 Å². The van der Waals surface area contributed by atoms with Gasteiger partial charge in [-0.1, -0.05) is 25.1 Å². The van der Waals surface area contributed by atoms with Gasteiger partial charge in [0, 0.05) is 49.6 Å². The van der Waals surface area contributed by atoms with E-state index in [1.54, 1.807) is 97.6 Å². The van der Waals surface area contributed by atoms with Crippen LogP contribution >= 0.6 is 0 Å². The van der Waals surface area contributed by atoms with Crippen molar-refractivity contribution in [3.63, 3.8) is 0 Å². The summed E-state index contributed by atoms with van der Waals surface area (Å²) in [4.78, 5) is 43.6. The number of methoxy groups -OCH3 is 1. The molecule has 0 bridgehead atoms. The molecule has 1 aliphatic rings. The average Bonchev–Trinajstić information content (AvgIpc) is 3.10. The van der Waals surface area contributed by atoms with Gasteiger partial charge in [0.1, 0.15) is 11.5 Å². The van der Waals surface area contributed by atoms with Crippen molar-refractivity contribution >= 4 is 29.2 Å². The van der Waals surface area contributed by atoms with E-state index in [1.807, 2.05) is 19.9 Å². The number of hydrogen-bond acceptors (Lipinski definition) is 7. The van der Waals surface area contributed by atoms with E-state index in [0.29, 0.717) is 35.0 Å². The molecule has 3 aromatic rings. The first kappa shape index (κ1) is 36.2. The van der Waals surface area contributed by atoms with Gasteiger partial charge >= 0.3 is 6.03 Å². The number of amides is 4. The van der Waals surface area contributed by atoms with Gasteiger partial charge in [0.15, 0.2) is 0 Å². The van der Waals surface area contributed by atoms with Gasteiger partial charge in [0.25, 0.3) is 11.8 Å². The van der Waals surface area contributed by atoms with Crippen LogP contribution in [0, 0.1) is 5.92 Å². The molecular weight excluding hydrogens is 612 g/mol. The normalized spacial score (nSPS) is 19.6. The summed E-state index contributed by atoms with van der Waals surface area (Å²) >= 11 is 0. The molecule has 258 valence electrons. The zero-order chi connectivity index (χ0) is 34.6. The molecule has 4 atom stereocenters. The Balaban J connectivity index is 1.58. The quantitative estimate of drug-likeness (QED) is 0.274. The number of aliphatic hydroxyl groups is 1. The van der Waals surface area contributed by atoms with Crippen LogP contribution in [-0.2, 0) is 4.74 Å². The number of nitrogens with zero attached hydrogens (tertiary/aromatic N) is 2. The number of carbonyl (C=O) groups excluding carboxylic acids is 3. The highest BCUT2D eigenvalue weighted by Crippen LogP contribution is 2.29. The maximum Gasteiger partial charge on any atom is 0.321 e. The van der Waals surface area contributed by atoms with Gasteiger partial charge < -0.3 is 39.8 Å². The highest BCUT2D eigenvalue weighted by Gasteiger charge is 2.31. The number of rotatable bonds is 8. The van der Waals surface area contributed by atoms with Crippen molar-refractivity contribution in [3.8, 4) is 11.5 Å². The Morgan fingerprint density at radius 3 is 2.42 bits per heavy atom. The van der Waals surface area contributed by atoms with Crippen LogP contribution in [0.4, 0.5) is 16.2 Å². The number of hydrogen-bond donors (Lipinski definition) is 3. The molecule has 1 heterocycles. The third-order valence-corrected chi connectivity index (χ3v) is 8.49. The summed E-state index contributed by atoms with van der Waals surface area (Å²) in [6, 6.07) is 20.2. The number of aliphatic hydroxyl groups excluding tert-OH is 1. The lowest BCUT2D eigenvalue weighted by molar-refractivity contribution is -0.0115. The molecule has 0 aromatic heterocycles. The molecule has 0 radical (unpaired) electrons. The molecule has 0 spiro atoms. The molecule has 1 aliphatic heterocycles. The second-order valence-electron chi connectivity index (χ2n) is 12.4. The molecular formula is C37H48N4O7. The zero-order valence-electron chi connectivity index (χ0n) is 28.5. The molecule has 0 saturated carbocycles. The summed E-state index contributed by atoms with van der Waals surface area (Å²) in [5, 5.41) is 16.0. The summed E-state index contributed by atoms with van der Waals surface area (Å²) in [7, 11) is 3.29. The molecule has 4 amide bonds. The fourth-order valence-electron chi connectivity index (χ4n) is 5.50. The number of ether oxygens (including phenoxy) is 3. The van der Waals surface area contributed by atoms with Crippen molar-refractivity contribution in [2.75, 3.05) is 51.1 Å². The van der Waals surface area contributed by atoms with Gasteiger partial charge in [-0.15, -0.1) is 0 Å². The number of likely N-dealkylation sites (N-methyl/N-ethyl adjacent to an activating group) is 1. The first-order chi connectivity index (χ1) is 23.1. The third kappa shape index (κ3) is 9.95. The van der Waals surface area contributed by atoms with Crippen LogP contribution in [0.1, 0.15) is 60.7 Å². The van der Waals surface area contributed by atoms with Crippen LogP contribution in [0.5, 0.6) is 11.5 Å². The van der Waals surface area contributed by atoms with Crippen molar-refractivity contribution < 1.29 is 33.7 Å². The Hall–Kier alpha value is -4.61. The second kappa shape index (κ2) is 17.5. The number of carbonyl (C=O) groups is 3. The van der Waals surface area contributed by atoms with E-state index in [-0.39, 0.29) is 55.1 Å². The minimum absolute atomic E-state index is 0.185. The molecule has 48 heavy (non-hydrogen) atoms. The van der Waals surface area contributed by atoms with E-state index in [0.717, 1.165) is 19.3 Å². The van der Waals surface area contributed by atoms with Crippen LogP contribution < -0.4 is 20.1 Å². The first-order valence-corrected chi connectivity index (χ1v) is 16.5. The van der Waals surface area contributed by atoms with Crippen molar-refractivity contribution in [1.29, 1.82) is 0 Å². The lowest BCUT2D eigenvalue weighted by Crippen LogP contribution is -2.48. The van der Waals surface area contributed by atoms with Crippen molar-refractivity contribution in [2.45, 2.75) is 58.3 Å². The predicted molar refractivity (Wildman–Crippen MR) is 186 cm³/mol. The zero-order valence-corrected chi connectivity index (χ0v) is 28.5. The number of benzene rings is 3. The first-order valence-electron chi connectivity index (χ1n) is 16.5. The largest absolute Gasteiger partial charge is 0.497 e. The van der Waals surface area contributed by atoms with Crippen LogP contribution in [-0.4, -0.2) is 91.5 Å². The third-order valence-electron chi connectivity index (χ3n) is 8.49. The standard InChI is InChI=1S/C37H48N4O7/c1-25-22-41(26(2)24-42)36(44)32-21-30(38-35(43)28-12-7-6-8-13-28)16-19-33(32)48-27(3)11-9-10-20-47-34(25)23-40(4)37(45)39-29-14-17-31(46-5)18-15-29/h6-8,12-19,21,25-27,34,42H,9-11,20,22-24H2,1-5H3,(H,38,43)(H,39,45)/t25-,26-,27+,34-/m0/s1. The van der Waals surface area contributed by atoms with Gasteiger partial charge in [-0.25, -0.2) is 4.79 Å². The molecule has 0 aliphatic carbocycles. The Kier molecular flexibility index (Phi) is 13.2.